The van der Waals surface area contributed by atoms with Crippen molar-refractivity contribution in [2.45, 2.75) is 0 Å². The molecule has 13 aromatic carbocycles. The number of furan rings is 2. The van der Waals surface area contributed by atoms with Gasteiger partial charge in [-0.15, -0.1) is 0 Å². The molecule has 0 unspecified atom stereocenters. The Morgan fingerprint density at radius 1 is 0.238 bits per heavy atom. The summed E-state index contributed by atoms with van der Waals surface area (Å²) in [6, 6.07) is 101. The van der Waals surface area contributed by atoms with Crippen LogP contribution >= 0.6 is 0 Å². The van der Waals surface area contributed by atoms with Gasteiger partial charge >= 0.3 is 0 Å². The lowest BCUT2D eigenvalue weighted by molar-refractivity contribution is 0.668. The van der Waals surface area contributed by atoms with Crippen LogP contribution in [0.4, 0.5) is 34.1 Å². The molecule has 0 amide bonds. The molecule has 6 heteroatoms. The molecular weight excluding hydrogens is 1020 g/mol. The maximum absolute atomic E-state index is 6.71. The van der Waals surface area contributed by atoms with Gasteiger partial charge in [-0.2, -0.15) is 0 Å². The van der Waals surface area contributed by atoms with E-state index in [0.29, 0.717) is 0 Å². The smallest absolute Gasteiger partial charge is 0.137 e. The first-order valence-electron chi connectivity index (χ1n) is 28.7. The molecule has 0 aliphatic rings. The molecule has 0 aliphatic carbocycles. The standard InChI is InChI=1S/C78H46N4O2/c1-5-21-47(22-6-1)57-41-61-51-29-15-19-35-71(51)83-73(61)45-69(57)79(49-25-9-3-10-26-49)65-39-37-53-59-43-68-60(44-67(59)81-63-33-17-13-31-55(63)75(65)77(53)81)54-38-40-66(76-56-32-14-18-34-64(56)82(68)78(54)76)80(50-27-11-4-12-28-50)70-46-74-62(52-30-16-20-36-72(52)84-74)42-58(70)48-23-7-2-8-24-48/h1-46H. The van der Waals surface area contributed by atoms with E-state index in [-0.39, 0.29) is 0 Å². The molecular formula is C78H46N4O2. The van der Waals surface area contributed by atoms with Crippen LogP contribution in [0.1, 0.15) is 0 Å². The number of hydrogen-bond acceptors (Lipinski definition) is 4. The Labute approximate surface area is 480 Å². The van der Waals surface area contributed by atoms with E-state index in [4.69, 9.17) is 8.83 Å². The first-order valence-corrected chi connectivity index (χ1v) is 28.7. The normalized spacial score (nSPS) is 12.3. The lowest BCUT2D eigenvalue weighted by Crippen LogP contribution is -2.11. The van der Waals surface area contributed by atoms with Crippen molar-refractivity contribution in [1.29, 1.82) is 0 Å². The molecule has 0 saturated carbocycles. The molecule has 19 rings (SSSR count). The van der Waals surface area contributed by atoms with Gasteiger partial charge in [-0.05, 0) is 96.1 Å². The van der Waals surface area contributed by atoms with Crippen molar-refractivity contribution in [1.82, 2.24) is 8.80 Å². The summed E-state index contributed by atoms with van der Waals surface area (Å²) in [5.41, 5.74) is 21.4. The van der Waals surface area contributed by atoms with Gasteiger partial charge < -0.3 is 27.4 Å². The minimum absolute atomic E-state index is 0.848. The summed E-state index contributed by atoms with van der Waals surface area (Å²) >= 11 is 0. The first-order chi connectivity index (χ1) is 41.7. The maximum atomic E-state index is 6.71. The average molecular weight is 1070 g/mol. The Balaban J connectivity index is 0.878. The highest BCUT2D eigenvalue weighted by atomic mass is 16.3. The second-order valence-electron chi connectivity index (χ2n) is 22.3. The van der Waals surface area contributed by atoms with E-state index in [1.165, 1.54) is 76.2 Å². The van der Waals surface area contributed by atoms with Crippen molar-refractivity contribution >= 4 is 154 Å². The highest BCUT2D eigenvalue weighted by Gasteiger charge is 2.30. The van der Waals surface area contributed by atoms with E-state index in [9.17, 15) is 0 Å². The van der Waals surface area contributed by atoms with E-state index in [0.717, 1.165) is 100 Å². The average Bonchev–Trinajstić information content (AvgIpc) is 1.57. The zero-order valence-electron chi connectivity index (χ0n) is 45.2. The summed E-state index contributed by atoms with van der Waals surface area (Å²) in [7, 11) is 0. The van der Waals surface area contributed by atoms with Crippen LogP contribution in [0, 0.1) is 0 Å². The molecule has 0 bridgehead atoms. The zero-order valence-corrected chi connectivity index (χ0v) is 45.2. The van der Waals surface area contributed by atoms with Crippen LogP contribution in [0.2, 0.25) is 0 Å². The number of benzene rings is 13. The fraction of sp³-hybridized carbons (Fsp3) is 0. The quantitative estimate of drug-likeness (QED) is 0.152. The molecule has 0 saturated heterocycles. The molecule has 84 heavy (non-hydrogen) atoms. The van der Waals surface area contributed by atoms with Crippen LogP contribution in [0.15, 0.2) is 288 Å². The van der Waals surface area contributed by atoms with Crippen LogP contribution in [-0.2, 0) is 0 Å². The van der Waals surface area contributed by atoms with Crippen molar-refractivity contribution in [3.05, 3.63) is 279 Å². The van der Waals surface area contributed by atoms with Gasteiger partial charge in [-0.3, -0.25) is 0 Å². The second kappa shape index (κ2) is 17.1. The highest BCUT2D eigenvalue weighted by Crippen LogP contribution is 2.54. The van der Waals surface area contributed by atoms with Crippen LogP contribution in [0.5, 0.6) is 0 Å². The Kier molecular flexibility index (Phi) is 9.24. The number of anilines is 6. The lowest BCUT2D eigenvalue weighted by Gasteiger charge is -2.29. The SMILES string of the molecule is c1ccc(-c2cc3c(cc2N(c2ccccc2)c2ccc4c5cc6c(cc5n5c7ccccc7c2c45)c2ccc(N(c4ccccc4)c4cc5oc7ccccc7c5cc4-c4ccccc4)c4c5ccccc5n6c24)oc2ccccc23)cc1. The van der Waals surface area contributed by atoms with Gasteiger partial charge in [-0.25, -0.2) is 0 Å². The highest BCUT2D eigenvalue weighted by molar-refractivity contribution is 6.32. The predicted octanol–water partition coefficient (Wildman–Crippen LogP) is 22.1. The molecule has 390 valence electrons. The third-order valence-corrected chi connectivity index (χ3v) is 17.9. The number of para-hydroxylation sites is 6. The van der Waals surface area contributed by atoms with E-state index < -0.39 is 0 Å². The number of fused-ring (bicyclic) bond motifs is 18. The molecule has 0 aliphatic heterocycles. The van der Waals surface area contributed by atoms with Gasteiger partial charge in [0.1, 0.15) is 22.3 Å². The van der Waals surface area contributed by atoms with Gasteiger partial charge in [0.15, 0.2) is 0 Å². The van der Waals surface area contributed by atoms with Crippen LogP contribution < -0.4 is 9.80 Å². The van der Waals surface area contributed by atoms with E-state index in [1.54, 1.807) is 0 Å². The minimum atomic E-state index is 0.848. The van der Waals surface area contributed by atoms with Gasteiger partial charge in [-0.1, -0.05) is 182 Å². The van der Waals surface area contributed by atoms with Crippen molar-refractivity contribution in [2.75, 3.05) is 9.80 Å². The van der Waals surface area contributed by atoms with Crippen molar-refractivity contribution in [3.63, 3.8) is 0 Å². The fourth-order valence-corrected chi connectivity index (χ4v) is 14.4. The predicted molar refractivity (Wildman–Crippen MR) is 351 cm³/mol. The number of hydrogen-bond donors (Lipinski definition) is 0. The fourth-order valence-electron chi connectivity index (χ4n) is 14.4. The summed E-state index contributed by atoms with van der Waals surface area (Å²) in [4.78, 5) is 4.92. The third-order valence-electron chi connectivity index (χ3n) is 17.9. The Bertz CT molecular complexity index is 5490. The summed E-state index contributed by atoms with van der Waals surface area (Å²) in [5.74, 6) is 0. The van der Waals surface area contributed by atoms with Gasteiger partial charge in [0.05, 0.1) is 55.8 Å². The molecule has 0 spiro atoms. The molecule has 0 radical (unpaired) electrons. The second-order valence-corrected chi connectivity index (χ2v) is 22.3. The maximum Gasteiger partial charge on any atom is 0.137 e. The van der Waals surface area contributed by atoms with Crippen LogP contribution in [0.25, 0.3) is 142 Å². The molecule has 6 nitrogen and oxygen atoms in total. The minimum Gasteiger partial charge on any atom is -0.456 e. The van der Waals surface area contributed by atoms with E-state index in [1.807, 2.05) is 12.1 Å². The van der Waals surface area contributed by atoms with Gasteiger partial charge in [0.25, 0.3) is 0 Å². The van der Waals surface area contributed by atoms with Gasteiger partial charge in [0, 0.05) is 99.3 Å². The van der Waals surface area contributed by atoms with Crippen LogP contribution in [-0.4, -0.2) is 8.80 Å². The Morgan fingerprint density at radius 3 is 1.04 bits per heavy atom. The Hall–Kier alpha value is -11.3. The van der Waals surface area contributed by atoms with Gasteiger partial charge in [0.2, 0.25) is 0 Å². The largest absolute Gasteiger partial charge is 0.456 e. The topological polar surface area (TPSA) is 41.6 Å². The first kappa shape index (κ1) is 45.4. The van der Waals surface area contributed by atoms with E-state index in [2.05, 4.69) is 286 Å². The molecule has 0 N–H and O–H groups in total. The summed E-state index contributed by atoms with van der Waals surface area (Å²) < 4.78 is 18.5. The number of rotatable bonds is 8. The molecule has 0 atom stereocenters. The van der Waals surface area contributed by atoms with E-state index >= 15 is 0 Å². The molecule has 19 aromatic rings. The third kappa shape index (κ3) is 6.23. The number of nitrogens with zero attached hydrogens (tertiary/aromatic N) is 4. The monoisotopic (exact) mass is 1070 g/mol. The molecule has 6 aromatic heterocycles. The Morgan fingerprint density at radius 2 is 0.607 bits per heavy atom. The van der Waals surface area contributed by atoms with Crippen molar-refractivity contribution < 1.29 is 8.83 Å². The zero-order chi connectivity index (χ0) is 54.7. The molecule has 6 heterocycles. The summed E-state index contributed by atoms with van der Waals surface area (Å²) in [6.45, 7) is 0. The number of aromatic nitrogens is 2. The van der Waals surface area contributed by atoms with Crippen molar-refractivity contribution in [2.24, 2.45) is 0 Å². The lowest BCUT2D eigenvalue weighted by atomic mass is 9.97. The summed E-state index contributed by atoms with van der Waals surface area (Å²) in [5, 5.41) is 14.0. The summed E-state index contributed by atoms with van der Waals surface area (Å²) in [6.07, 6.45) is 0. The van der Waals surface area contributed by atoms with Crippen molar-refractivity contribution in [3.8, 4) is 22.3 Å². The van der Waals surface area contributed by atoms with Crippen LogP contribution in [0.3, 0.4) is 0 Å². The molecule has 0 fully saturated rings.